The molecule has 0 radical (unpaired) electrons. The van der Waals surface area contributed by atoms with E-state index in [1.54, 1.807) is 0 Å². The van der Waals surface area contributed by atoms with Gasteiger partial charge in [0, 0.05) is 12.6 Å². The van der Waals surface area contributed by atoms with Crippen LogP contribution in [0.2, 0.25) is 0 Å². The molecule has 0 spiro atoms. The molecule has 1 aliphatic rings. The zero-order valence-electron chi connectivity index (χ0n) is 12.2. The molecule has 1 saturated heterocycles. The summed E-state index contributed by atoms with van der Waals surface area (Å²) in [5.41, 5.74) is 0.447. The van der Waals surface area contributed by atoms with E-state index in [0.29, 0.717) is 0 Å². The van der Waals surface area contributed by atoms with Gasteiger partial charge in [0.1, 0.15) is 0 Å². The van der Waals surface area contributed by atoms with Gasteiger partial charge in [0.05, 0.1) is 6.04 Å². The van der Waals surface area contributed by atoms with Crippen molar-refractivity contribution in [3.05, 3.63) is 0 Å². The standard InChI is InChI=1S/C14H28N2O/c1-13(2,3)7-10-9-15-11(12(17)16-10)8-14(4,5)6/h10-11,15H,7-9H2,1-6H3,(H,16,17). The first-order valence-corrected chi connectivity index (χ1v) is 6.61. The highest BCUT2D eigenvalue weighted by Crippen LogP contribution is 2.24. The number of carbonyl (C=O) groups excluding carboxylic acids is 1. The molecule has 3 nitrogen and oxygen atoms in total. The highest BCUT2D eigenvalue weighted by molar-refractivity contribution is 5.82. The quantitative estimate of drug-likeness (QED) is 0.777. The van der Waals surface area contributed by atoms with E-state index in [0.717, 1.165) is 19.4 Å². The molecule has 0 bridgehead atoms. The molecule has 1 heterocycles. The highest BCUT2D eigenvalue weighted by atomic mass is 16.2. The average molecular weight is 240 g/mol. The maximum absolute atomic E-state index is 12.0. The number of piperazine rings is 1. The molecule has 0 aromatic carbocycles. The molecule has 2 atom stereocenters. The van der Waals surface area contributed by atoms with E-state index < -0.39 is 0 Å². The van der Waals surface area contributed by atoms with E-state index in [4.69, 9.17) is 0 Å². The predicted molar refractivity (Wildman–Crippen MR) is 71.9 cm³/mol. The summed E-state index contributed by atoms with van der Waals surface area (Å²) in [4.78, 5) is 12.0. The third-order valence-corrected chi connectivity index (χ3v) is 2.95. The zero-order chi connectivity index (χ0) is 13.3. The van der Waals surface area contributed by atoms with Gasteiger partial charge in [0.25, 0.3) is 0 Å². The average Bonchev–Trinajstić information content (AvgIpc) is 2.05. The van der Waals surface area contributed by atoms with Gasteiger partial charge in [-0.2, -0.15) is 0 Å². The van der Waals surface area contributed by atoms with Crippen LogP contribution < -0.4 is 10.6 Å². The highest BCUT2D eigenvalue weighted by Gasteiger charge is 2.32. The summed E-state index contributed by atoms with van der Waals surface area (Å²) in [6, 6.07) is 0.255. The van der Waals surface area contributed by atoms with Crippen molar-refractivity contribution in [2.24, 2.45) is 10.8 Å². The summed E-state index contributed by atoms with van der Waals surface area (Å²) < 4.78 is 0. The predicted octanol–water partition coefficient (Wildman–Crippen LogP) is 2.32. The van der Waals surface area contributed by atoms with Crippen molar-refractivity contribution < 1.29 is 4.79 Å². The first-order chi connectivity index (χ1) is 7.57. The maximum Gasteiger partial charge on any atom is 0.237 e. The fraction of sp³-hybridized carbons (Fsp3) is 0.929. The minimum absolute atomic E-state index is 0.0220. The molecule has 0 saturated carbocycles. The van der Waals surface area contributed by atoms with Crippen LogP contribution in [0.1, 0.15) is 54.4 Å². The Morgan fingerprint density at radius 2 is 1.59 bits per heavy atom. The van der Waals surface area contributed by atoms with Crippen molar-refractivity contribution in [1.29, 1.82) is 0 Å². The van der Waals surface area contributed by atoms with Crippen molar-refractivity contribution in [1.82, 2.24) is 10.6 Å². The first kappa shape index (κ1) is 14.5. The second-order valence-electron chi connectivity index (χ2n) is 7.70. The minimum Gasteiger partial charge on any atom is -0.351 e. The normalized spacial score (nSPS) is 26.8. The second-order valence-corrected chi connectivity index (χ2v) is 7.70. The van der Waals surface area contributed by atoms with E-state index in [1.807, 2.05) is 0 Å². The van der Waals surface area contributed by atoms with Gasteiger partial charge in [-0.3, -0.25) is 4.79 Å². The van der Waals surface area contributed by atoms with Crippen LogP contribution in [0.4, 0.5) is 0 Å². The Labute approximate surface area is 106 Å². The molecule has 17 heavy (non-hydrogen) atoms. The summed E-state index contributed by atoms with van der Waals surface area (Å²) in [5, 5.41) is 6.53. The van der Waals surface area contributed by atoms with Crippen LogP contribution in [0.25, 0.3) is 0 Å². The van der Waals surface area contributed by atoms with Crippen LogP contribution in [-0.2, 0) is 4.79 Å². The summed E-state index contributed by atoms with van der Waals surface area (Å²) >= 11 is 0. The number of carbonyl (C=O) groups is 1. The molecule has 1 fully saturated rings. The monoisotopic (exact) mass is 240 g/mol. The molecule has 2 unspecified atom stereocenters. The van der Waals surface area contributed by atoms with E-state index in [-0.39, 0.29) is 28.8 Å². The fourth-order valence-corrected chi connectivity index (χ4v) is 2.37. The minimum atomic E-state index is -0.0220. The van der Waals surface area contributed by atoms with Gasteiger partial charge in [0.2, 0.25) is 5.91 Å². The van der Waals surface area contributed by atoms with Gasteiger partial charge in [-0.15, -0.1) is 0 Å². The molecule has 1 aliphatic heterocycles. The van der Waals surface area contributed by atoms with Crippen molar-refractivity contribution in [3.8, 4) is 0 Å². The van der Waals surface area contributed by atoms with Gasteiger partial charge in [-0.05, 0) is 23.7 Å². The molecular formula is C14H28N2O. The molecule has 0 aromatic heterocycles. The molecule has 1 amide bonds. The summed E-state index contributed by atoms with van der Waals surface area (Å²) in [6.45, 7) is 14.0. The number of hydrogen-bond acceptors (Lipinski definition) is 2. The molecule has 0 aromatic rings. The van der Waals surface area contributed by atoms with Gasteiger partial charge < -0.3 is 10.6 Å². The number of amides is 1. The Morgan fingerprint density at radius 3 is 2.00 bits per heavy atom. The lowest BCUT2D eigenvalue weighted by molar-refractivity contribution is -0.126. The zero-order valence-corrected chi connectivity index (χ0v) is 12.2. The molecular weight excluding hydrogens is 212 g/mol. The summed E-state index contributed by atoms with van der Waals surface area (Å²) in [6.07, 6.45) is 1.91. The van der Waals surface area contributed by atoms with Gasteiger partial charge in [0.15, 0.2) is 0 Å². The first-order valence-electron chi connectivity index (χ1n) is 6.61. The van der Waals surface area contributed by atoms with E-state index in [2.05, 4.69) is 52.2 Å². The summed E-state index contributed by atoms with van der Waals surface area (Å²) in [7, 11) is 0. The molecule has 2 N–H and O–H groups in total. The Kier molecular flexibility index (Phi) is 4.23. The van der Waals surface area contributed by atoms with Crippen LogP contribution in [-0.4, -0.2) is 24.5 Å². The van der Waals surface area contributed by atoms with E-state index >= 15 is 0 Å². The van der Waals surface area contributed by atoms with Crippen molar-refractivity contribution in [2.45, 2.75) is 66.5 Å². The Hall–Kier alpha value is -0.570. The topological polar surface area (TPSA) is 41.1 Å². The Morgan fingerprint density at radius 1 is 1.06 bits per heavy atom. The van der Waals surface area contributed by atoms with Crippen LogP contribution in [0.15, 0.2) is 0 Å². The van der Waals surface area contributed by atoms with Gasteiger partial charge in [-0.1, -0.05) is 41.5 Å². The Balaban J connectivity index is 2.48. The van der Waals surface area contributed by atoms with Crippen LogP contribution in [0.3, 0.4) is 0 Å². The lowest BCUT2D eigenvalue weighted by atomic mass is 9.84. The number of rotatable bonds is 2. The van der Waals surface area contributed by atoms with Crippen LogP contribution >= 0.6 is 0 Å². The lowest BCUT2D eigenvalue weighted by Gasteiger charge is -2.36. The Bertz CT molecular complexity index is 273. The van der Waals surface area contributed by atoms with Gasteiger partial charge >= 0.3 is 0 Å². The van der Waals surface area contributed by atoms with Crippen molar-refractivity contribution in [2.75, 3.05) is 6.54 Å². The van der Waals surface area contributed by atoms with E-state index in [1.165, 1.54) is 0 Å². The SMILES string of the molecule is CC(C)(C)CC1CNC(CC(C)(C)C)C(=O)N1. The second kappa shape index (κ2) is 4.97. The fourth-order valence-electron chi connectivity index (χ4n) is 2.37. The van der Waals surface area contributed by atoms with Crippen LogP contribution in [0, 0.1) is 10.8 Å². The summed E-state index contributed by atoms with van der Waals surface area (Å²) in [5.74, 6) is 0.167. The molecule has 1 rings (SSSR count). The van der Waals surface area contributed by atoms with Crippen molar-refractivity contribution >= 4 is 5.91 Å². The number of nitrogens with one attached hydrogen (secondary N) is 2. The number of hydrogen-bond donors (Lipinski definition) is 2. The molecule has 3 heteroatoms. The lowest BCUT2D eigenvalue weighted by Crippen LogP contribution is -2.59. The van der Waals surface area contributed by atoms with Gasteiger partial charge in [-0.25, -0.2) is 0 Å². The van der Waals surface area contributed by atoms with E-state index in [9.17, 15) is 4.79 Å². The maximum atomic E-state index is 12.0. The smallest absolute Gasteiger partial charge is 0.237 e. The van der Waals surface area contributed by atoms with Crippen LogP contribution in [0.5, 0.6) is 0 Å². The largest absolute Gasteiger partial charge is 0.351 e. The third-order valence-electron chi connectivity index (χ3n) is 2.95. The molecule has 0 aliphatic carbocycles. The van der Waals surface area contributed by atoms with Crippen molar-refractivity contribution in [3.63, 3.8) is 0 Å². The third kappa shape index (κ3) is 5.53. The molecule has 100 valence electrons.